The van der Waals surface area contributed by atoms with Gasteiger partial charge in [-0.25, -0.2) is 0 Å². The van der Waals surface area contributed by atoms with Crippen LogP contribution in [0, 0.1) is 13.8 Å². The minimum Gasteiger partial charge on any atom is -0.367 e. The molecular weight excluding hydrogens is 260 g/mol. The van der Waals surface area contributed by atoms with Crippen molar-refractivity contribution in [3.05, 3.63) is 34.9 Å². The van der Waals surface area contributed by atoms with Crippen molar-refractivity contribution in [1.82, 2.24) is 4.90 Å². The van der Waals surface area contributed by atoms with Crippen molar-refractivity contribution in [2.45, 2.75) is 58.8 Å². The van der Waals surface area contributed by atoms with Crippen LogP contribution < -0.4 is 5.73 Å². The Morgan fingerprint density at radius 3 is 2.00 bits per heavy atom. The lowest BCUT2D eigenvalue weighted by atomic mass is 9.91. The molecule has 1 fully saturated rings. The van der Waals surface area contributed by atoms with E-state index in [0.717, 1.165) is 13.1 Å². The molecule has 1 saturated heterocycles. The van der Waals surface area contributed by atoms with Gasteiger partial charge in [0.1, 0.15) is 0 Å². The van der Waals surface area contributed by atoms with E-state index in [-0.39, 0.29) is 17.2 Å². The summed E-state index contributed by atoms with van der Waals surface area (Å²) in [6, 6.07) is 6.74. The number of morpholine rings is 1. The van der Waals surface area contributed by atoms with Gasteiger partial charge in [0.2, 0.25) is 0 Å². The fourth-order valence-electron chi connectivity index (χ4n) is 3.87. The Bertz CT molecular complexity index is 472. The lowest BCUT2D eigenvalue weighted by molar-refractivity contribution is -0.187. The molecule has 21 heavy (non-hydrogen) atoms. The normalized spacial score (nSPS) is 23.0. The van der Waals surface area contributed by atoms with Crippen molar-refractivity contribution in [2.75, 3.05) is 19.6 Å². The zero-order valence-corrected chi connectivity index (χ0v) is 14.4. The molecule has 0 spiro atoms. The smallest absolute Gasteiger partial charge is 0.0761 e. The standard InChI is InChI=1S/C18H30N2O/c1-13-8-7-9-14(2)16(13)15(10-19)20-11-17(3,4)21-18(5,6)12-20/h7-9,15H,10-12,19H2,1-6H3. The van der Waals surface area contributed by atoms with Crippen molar-refractivity contribution in [3.63, 3.8) is 0 Å². The summed E-state index contributed by atoms with van der Waals surface area (Å²) in [5.41, 5.74) is 9.91. The second-order valence-electron chi connectivity index (χ2n) is 7.58. The summed E-state index contributed by atoms with van der Waals surface area (Å²) < 4.78 is 6.20. The van der Waals surface area contributed by atoms with Gasteiger partial charge in [0.05, 0.1) is 11.2 Å². The Morgan fingerprint density at radius 1 is 1.10 bits per heavy atom. The number of hydrogen-bond donors (Lipinski definition) is 1. The average molecular weight is 290 g/mol. The fourth-order valence-corrected chi connectivity index (χ4v) is 3.87. The summed E-state index contributed by atoms with van der Waals surface area (Å²) in [4.78, 5) is 2.50. The van der Waals surface area contributed by atoms with Crippen molar-refractivity contribution < 1.29 is 4.74 Å². The summed E-state index contributed by atoms with van der Waals surface area (Å²) in [7, 11) is 0. The molecule has 0 amide bonds. The quantitative estimate of drug-likeness (QED) is 0.929. The topological polar surface area (TPSA) is 38.5 Å². The third kappa shape index (κ3) is 3.65. The molecule has 1 aromatic carbocycles. The van der Waals surface area contributed by atoms with E-state index in [1.165, 1.54) is 16.7 Å². The van der Waals surface area contributed by atoms with Gasteiger partial charge >= 0.3 is 0 Å². The van der Waals surface area contributed by atoms with Gasteiger partial charge in [-0.05, 0) is 58.2 Å². The predicted octanol–water partition coefficient (Wildman–Crippen LogP) is 3.19. The Balaban J connectivity index is 2.37. The molecule has 1 unspecified atom stereocenters. The molecular formula is C18H30N2O. The van der Waals surface area contributed by atoms with Crippen molar-refractivity contribution in [3.8, 4) is 0 Å². The van der Waals surface area contributed by atoms with Gasteiger partial charge in [-0.3, -0.25) is 4.90 Å². The van der Waals surface area contributed by atoms with E-state index in [1.807, 2.05) is 0 Å². The van der Waals surface area contributed by atoms with Gasteiger partial charge in [0.15, 0.2) is 0 Å². The van der Waals surface area contributed by atoms with Gasteiger partial charge in [0.25, 0.3) is 0 Å². The number of nitrogens with two attached hydrogens (primary N) is 1. The Hall–Kier alpha value is -0.900. The summed E-state index contributed by atoms with van der Waals surface area (Å²) in [5.74, 6) is 0. The maximum absolute atomic E-state index is 6.20. The maximum Gasteiger partial charge on any atom is 0.0761 e. The monoisotopic (exact) mass is 290 g/mol. The van der Waals surface area contributed by atoms with Crippen LogP contribution in [-0.2, 0) is 4.74 Å². The van der Waals surface area contributed by atoms with Crippen LogP contribution >= 0.6 is 0 Å². The minimum atomic E-state index is -0.147. The Labute approximate surface area is 129 Å². The minimum absolute atomic E-state index is 0.147. The number of hydrogen-bond acceptors (Lipinski definition) is 3. The Morgan fingerprint density at radius 2 is 1.57 bits per heavy atom. The number of benzene rings is 1. The molecule has 2 rings (SSSR count). The van der Waals surface area contributed by atoms with Crippen LogP contribution in [0.5, 0.6) is 0 Å². The van der Waals surface area contributed by atoms with Crippen molar-refractivity contribution >= 4 is 0 Å². The number of ether oxygens (including phenoxy) is 1. The van der Waals surface area contributed by atoms with Crippen LogP contribution in [-0.4, -0.2) is 35.7 Å². The van der Waals surface area contributed by atoms with E-state index in [0.29, 0.717) is 6.54 Å². The molecule has 2 N–H and O–H groups in total. The molecule has 0 radical (unpaired) electrons. The van der Waals surface area contributed by atoms with Crippen molar-refractivity contribution in [2.24, 2.45) is 5.73 Å². The zero-order chi connectivity index (χ0) is 15.8. The Kier molecular flexibility index (Phi) is 4.48. The predicted molar refractivity (Wildman–Crippen MR) is 88.5 cm³/mol. The second kappa shape index (κ2) is 5.71. The van der Waals surface area contributed by atoms with Gasteiger partial charge in [0, 0.05) is 25.7 Å². The summed E-state index contributed by atoms with van der Waals surface area (Å²) in [5, 5.41) is 0. The first-order chi connectivity index (χ1) is 9.65. The van der Waals surface area contributed by atoms with Gasteiger partial charge < -0.3 is 10.5 Å². The molecule has 118 valence electrons. The number of rotatable bonds is 3. The highest BCUT2D eigenvalue weighted by Crippen LogP contribution is 2.35. The van der Waals surface area contributed by atoms with E-state index in [9.17, 15) is 0 Å². The molecule has 3 nitrogen and oxygen atoms in total. The second-order valence-corrected chi connectivity index (χ2v) is 7.58. The molecule has 3 heteroatoms. The SMILES string of the molecule is Cc1cccc(C)c1C(CN)N1CC(C)(C)OC(C)(C)C1. The van der Waals surface area contributed by atoms with E-state index >= 15 is 0 Å². The van der Waals surface area contributed by atoms with Gasteiger partial charge in [-0.15, -0.1) is 0 Å². The molecule has 0 saturated carbocycles. The van der Waals surface area contributed by atoms with Gasteiger partial charge in [-0.1, -0.05) is 18.2 Å². The van der Waals surface area contributed by atoms with E-state index in [1.54, 1.807) is 0 Å². The number of aryl methyl sites for hydroxylation is 2. The summed E-state index contributed by atoms with van der Waals surface area (Å²) in [6.45, 7) is 15.5. The van der Waals surface area contributed by atoms with Crippen molar-refractivity contribution in [1.29, 1.82) is 0 Å². The molecule has 1 atom stereocenters. The van der Waals surface area contributed by atoms with E-state index < -0.39 is 0 Å². The molecule has 1 aromatic rings. The first-order valence-corrected chi connectivity index (χ1v) is 7.86. The van der Waals surface area contributed by atoms with E-state index in [2.05, 4.69) is 64.6 Å². The molecule has 0 bridgehead atoms. The molecule has 0 aromatic heterocycles. The summed E-state index contributed by atoms with van der Waals surface area (Å²) >= 11 is 0. The highest BCUT2D eigenvalue weighted by atomic mass is 16.5. The average Bonchev–Trinajstić information content (AvgIpc) is 2.29. The third-order valence-corrected chi connectivity index (χ3v) is 4.26. The van der Waals surface area contributed by atoms with E-state index in [4.69, 9.17) is 10.5 Å². The first-order valence-electron chi connectivity index (χ1n) is 7.86. The third-order valence-electron chi connectivity index (χ3n) is 4.26. The zero-order valence-electron chi connectivity index (χ0n) is 14.4. The maximum atomic E-state index is 6.20. The lowest BCUT2D eigenvalue weighted by Gasteiger charge is -2.50. The van der Waals surface area contributed by atoms with Crippen LogP contribution in [0.3, 0.4) is 0 Å². The number of nitrogens with zero attached hydrogens (tertiary/aromatic N) is 1. The lowest BCUT2D eigenvalue weighted by Crippen LogP contribution is -2.58. The van der Waals surface area contributed by atoms with Crippen LogP contribution in [0.1, 0.15) is 50.4 Å². The first kappa shape index (κ1) is 16.5. The highest BCUT2D eigenvalue weighted by molar-refractivity contribution is 5.36. The molecule has 1 aliphatic rings. The van der Waals surface area contributed by atoms with Crippen LogP contribution in [0.15, 0.2) is 18.2 Å². The van der Waals surface area contributed by atoms with Crippen LogP contribution in [0.25, 0.3) is 0 Å². The van der Waals surface area contributed by atoms with Crippen LogP contribution in [0.2, 0.25) is 0 Å². The molecule has 1 heterocycles. The highest BCUT2D eigenvalue weighted by Gasteiger charge is 2.40. The fraction of sp³-hybridized carbons (Fsp3) is 0.667. The van der Waals surface area contributed by atoms with Gasteiger partial charge in [-0.2, -0.15) is 0 Å². The molecule has 1 aliphatic heterocycles. The summed E-state index contributed by atoms with van der Waals surface area (Å²) in [6.07, 6.45) is 0. The van der Waals surface area contributed by atoms with Crippen LogP contribution in [0.4, 0.5) is 0 Å². The largest absolute Gasteiger partial charge is 0.367 e. The molecule has 0 aliphatic carbocycles.